The standard InChI is InChI=1S/C13H29NO/c1-6-13(7-2,10-15)9-14-12(5)8-11(3)4/h11-12,14-15H,6-10H2,1-5H3. The van der Waals surface area contributed by atoms with Gasteiger partial charge >= 0.3 is 0 Å². The third kappa shape index (κ3) is 5.53. The quantitative estimate of drug-likeness (QED) is 0.652. The van der Waals surface area contributed by atoms with Crippen molar-refractivity contribution >= 4 is 0 Å². The fourth-order valence-electron chi connectivity index (χ4n) is 1.96. The molecule has 1 atom stereocenters. The predicted molar refractivity (Wildman–Crippen MR) is 67.0 cm³/mol. The first-order valence-corrected chi connectivity index (χ1v) is 6.34. The van der Waals surface area contributed by atoms with Crippen LogP contribution in [0.1, 0.15) is 53.9 Å². The number of rotatable bonds is 8. The molecule has 0 heterocycles. The molecule has 0 aromatic carbocycles. The number of hydrogen-bond donors (Lipinski definition) is 2. The Kier molecular flexibility index (Phi) is 7.20. The van der Waals surface area contributed by atoms with Crippen LogP contribution in [-0.2, 0) is 0 Å². The van der Waals surface area contributed by atoms with Crippen molar-refractivity contribution in [2.24, 2.45) is 11.3 Å². The molecule has 2 N–H and O–H groups in total. The van der Waals surface area contributed by atoms with Crippen molar-refractivity contribution in [3.8, 4) is 0 Å². The number of nitrogens with one attached hydrogen (secondary N) is 1. The third-order valence-corrected chi connectivity index (χ3v) is 3.49. The molecule has 0 aromatic rings. The molecule has 2 nitrogen and oxygen atoms in total. The monoisotopic (exact) mass is 215 g/mol. The van der Waals surface area contributed by atoms with E-state index in [9.17, 15) is 5.11 Å². The average Bonchev–Trinajstić information content (AvgIpc) is 2.20. The van der Waals surface area contributed by atoms with Crippen LogP contribution < -0.4 is 5.32 Å². The number of aliphatic hydroxyl groups is 1. The summed E-state index contributed by atoms with van der Waals surface area (Å²) in [6.07, 6.45) is 3.29. The zero-order chi connectivity index (χ0) is 11.9. The summed E-state index contributed by atoms with van der Waals surface area (Å²) in [5.41, 5.74) is 0.0885. The molecule has 92 valence electrons. The summed E-state index contributed by atoms with van der Waals surface area (Å²) in [6, 6.07) is 0.550. The highest BCUT2D eigenvalue weighted by Crippen LogP contribution is 2.24. The summed E-state index contributed by atoms with van der Waals surface area (Å²) in [4.78, 5) is 0. The highest BCUT2D eigenvalue weighted by atomic mass is 16.3. The minimum Gasteiger partial charge on any atom is -0.396 e. The van der Waals surface area contributed by atoms with Crippen molar-refractivity contribution in [3.63, 3.8) is 0 Å². The Morgan fingerprint density at radius 2 is 1.67 bits per heavy atom. The van der Waals surface area contributed by atoms with Crippen molar-refractivity contribution in [3.05, 3.63) is 0 Å². The van der Waals surface area contributed by atoms with E-state index in [0.29, 0.717) is 12.6 Å². The molecule has 0 rings (SSSR count). The van der Waals surface area contributed by atoms with Gasteiger partial charge in [-0.2, -0.15) is 0 Å². The summed E-state index contributed by atoms with van der Waals surface area (Å²) in [5.74, 6) is 0.735. The number of hydrogen-bond acceptors (Lipinski definition) is 2. The van der Waals surface area contributed by atoms with Gasteiger partial charge in [-0.3, -0.25) is 0 Å². The molecule has 15 heavy (non-hydrogen) atoms. The van der Waals surface area contributed by atoms with E-state index >= 15 is 0 Å². The van der Waals surface area contributed by atoms with E-state index in [1.54, 1.807) is 0 Å². The zero-order valence-electron chi connectivity index (χ0n) is 11.1. The van der Waals surface area contributed by atoms with E-state index in [1.165, 1.54) is 6.42 Å². The summed E-state index contributed by atoms with van der Waals surface area (Å²) in [6.45, 7) is 12.3. The largest absolute Gasteiger partial charge is 0.396 e. The van der Waals surface area contributed by atoms with Gasteiger partial charge in [0, 0.05) is 24.6 Å². The van der Waals surface area contributed by atoms with Crippen LogP contribution in [0.3, 0.4) is 0 Å². The van der Waals surface area contributed by atoms with Crippen LogP contribution in [0.25, 0.3) is 0 Å². The van der Waals surface area contributed by atoms with Crippen molar-refractivity contribution < 1.29 is 5.11 Å². The molecule has 0 aliphatic carbocycles. The van der Waals surface area contributed by atoms with Crippen molar-refractivity contribution in [2.45, 2.75) is 59.9 Å². The van der Waals surface area contributed by atoms with Gasteiger partial charge in [-0.1, -0.05) is 27.7 Å². The summed E-state index contributed by atoms with van der Waals surface area (Å²) < 4.78 is 0. The van der Waals surface area contributed by atoms with E-state index in [-0.39, 0.29) is 5.41 Å². The first-order chi connectivity index (χ1) is 6.99. The summed E-state index contributed by atoms with van der Waals surface area (Å²) >= 11 is 0. The van der Waals surface area contributed by atoms with Crippen LogP contribution in [0, 0.1) is 11.3 Å². The van der Waals surface area contributed by atoms with Crippen molar-refractivity contribution in [1.29, 1.82) is 0 Å². The summed E-state index contributed by atoms with van der Waals surface area (Å²) in [5, 5.41) is 13.0. The minimum absolute atomic E-state index is 0.0885. The SMILES string of the molecule is CCC(CC)(CO)CNC(C)CC(C)C. The second-order valence-corrected chi connectivity index (χ2v) is 5.28. The normalized spacial score (nSPS) is 14.6. The van der Waals surface area contributed by atoms with Gasteiger partial charge in [-0.05, 0) is 32.1 Å². The zero-order valence-corrected chi connectivity index (χ0v) is 11.1. The highest BCUT2D eigenvalue weighted by molar-refractivity contribution is 4.79. The first kappa shape index (κ1) is 14.9. The van der Waals surface area contributed by atoms with Crippen LogP contribution in [0.5, 0.6) is 0 Å². The molecule has 0 bridgehead atoms. The fraction of sp³-hybridized carbons (Fsp3) is 1.00. The first-order valence-electron chi connectivity index (χ1n) is 6.34. The maximum atomic E-state index is 9.43. The molecule has 1 unspecified atom stereocenters. The molecule has 0 aliphatic rings. The molecule has 2 heteroatoms. The van der Waals surface area contributed by atoms with E-state index < -0.39 is 0 Å². The van der Waals surface area contributed by atoms with Gasteiger partial charge in [0.2, 0.25) is 0 Å². The van der Waals surface area contributed by atoms with E-state index in [0.717, 1.165) is 25.3 Å². The van der Waals surface area contributed by atoms with E-state index in [2.05, 4.69) is 39.9 Å². The third-order valence-electron chi connectivity index (χ3n) is 3.49. The Morgan fingerprint density at radius 1 is 1.13 bits per heavy atom. The van der Waals surface area contributed by atoms with Gasteiger partial charge in [0.05, 0.1) is 0 Å². The molecule has 0 fully saturated rings. The second-order valence-electron chi connectivity index (χ2n) is 5.28. The molecule has 0 aromatic heterocycles. The Morgan fingerprint density at radius 3 is 2.00 bits per heavy atom. The van der Waals surface area contributed by atoms with Crippen LogP contribution in [0.4, 0.5) is 0 Å². The lowest BCUT2D eigenvalue weighted by atomic mass is 9.83. The molecular weight excluding hydrogens is 186 g/mol. The fourth-order valence-corrected chi connectivity index (χ4v) is 1.96. The lowest BCUT2D eigenvalue weighted by Crippen LogP contribution is -2.40. The predicted octanol–water partition coefficient (Wildman–Crippen LogP) is 2.81. The Balaban J connectivity index is 3.99. The molecular formula is C13H29NO. The molecule has 0 saturated heterocycles. The lowest BCUT2D eigenvalue weighted by Gasteiger charge is -2.31. The van der Waals surface area contributed by atoms with Gasteiger partial charge in [-0.25, -0.2) is 0 Å². The smallest absolute Gasteiger partial charge is 0.0499 e. The van der Waals surface area contributed by atoms with Crippen LogP contribution >= 0.6 is 0 Å². The van der Waals surface area contributed by atoms with E-state index in [4.69, 9.17) is 0 Å². The molecule has 0 aliphatic heterocycles. The van der Waals surface area contributed by atoms with Crippen LogP contribution in [-0.4, -0.2) is 24.3 Å². The van der Waals surface area contributed by atoms with Gasteiger partial charge in [0.25, 0.3) is 0 Å². The van der Waals surface area contributed by atoms with Gasteiger partial charge in [-0.15, -0.1) is 0 Å². The number of aliphatic hydroxyl groups excluding tert-OH is 1. The van der Waals surface area contributed by atoms with Gasteiger partial charge in [0.15, 0.2) is 0 Å². The lowest BCUT2D eigenvalue weighted by molar-refractivity contribution is 0.109. The van der Waals surface area contributed by atoms with Crippen LogP contribution in [0.15, 0.2) is 0 Å². The Labute approximate surface area is 95.5 Å². The molecule has 0 radical (unpaired) electrons. The van der Waals surface area contributed by atoms with Crippen LogP contribution in [0.2, 0.25) is 0 Å². The van der Waals surface area contributed by atoms with Gasteiger partial charge in [0.1, 0.15) is 0 Å². The molecule has 0 spiro atoms. The van der Waals surface area contributed by atoms with Gasteiger partial charge < -0.3 is 10.4 Å². The van der Waals surface area contributed by atoms with E-state index in [1.807, 2.05) is 0 Å². The Hall–Kier alpha value is -0.0800. The summed E-state index contributed by atoms with van der Waals surface area (Å²) in [7, 11) is 0. The van der Waals surface area contributed by atoms with Crippen molar-refractivity contribution in [2.75, 3.05) is 13.2 Å². The second kappa shape index (κ2) is 7.24. The highest BCUT2D eigenvalue weighted by Gasteiger charge is 2.25. The van der Waals surface area contributed by atoms with Crippen molar-refractivity contribution in [1.82, 2.24) is 5.32 Å². The maximum Gasteiger partial charge on any atom is 0.0499 e. The average molecular weight is 215 g/mol. The Bertz CT molecular complexity index is 144. The minimum atomic E-state index is 0.0885. The topological polar surface area (TPSA) is 32.3 Å². The molecule has 0 saturated carbocycles. The maximum absolute atomic E-state index is 9.43. The molecule has 0 amide bonds.